The molecule has 0 fully saturated rings. The first kappa shape index (κ1) is 12.8. The van der Waals surface area contributed by atoms with Gasteiger partial charge in [-0.3, -0.25) is 0 Å². The number of aliphatic hydroxyl groups excluding tert-OH is 1. The van der Waals surface area contributed by atoms with Crippen molar-refractivity contribution in [2.75, 3.05) is 5.73 Å². The highest BCUT2D eigenvalue weighted by atomic mass is 16.5. The van der Waals surface area contributed by atoms with Crippen molar-refractivity contribution in [3.05, 3.63) is 47.7 Å². The van der Waals surface area contributed by atoms with Crippen LogP contribution in [-0.2, 0) is 6.61 Å². The molecular weight excluding hydrogens is 248 g/mol. The fraction of sp³-hybridized carbons (Fsp3) is 0.0769. The van der Waals surface area contributed by atoms with E-state index in [1.165, 1.54) is 12.3 Å². The summed E-state index contributed by atoms with van der Waals surface area (Å²) in [7, 11) is 0. The molecule has 0 bridgehead atoms. The number of carbonyl (C=O) groups is 1. The minimum atomic E-state index is -1.14. The second-order valence-corrected chi connectivity index (χ2v) is 3.79. The standard InChI is InChI=1S/C13H12N2O4/c14-11-10(13(17)18)4-5-15-12(11)19-9-3-1-2-8(6-9)7-16/h1-6,16H,7,14H2,(H,17,18). The number of nitrogens with two attached hydrogens (primary N) is 1. The molecule has 2 rings (SSSR count). The van der Waals surface area contributed by atoms with E-state index in [1.54, 1.807) is 24.3 Å². The molecule has 0 atom stereocenters. The van der Waals surface area contributed by atoms with Gasteiger partial charge in [0.2, 0.25) is 5.88 Å². The van der Waals surface area contributed by atoms with E-state index in [4.69, 9.17) is 20.7 Å². The molecule has 0 spiro atoms. The van der Waals surface area contributed by atoms with E-state index in [0.717, 1.165) is 0 Å². The van der Waals surface area contributed by atoms with Gasteiger partial charge in [-0.05, 0) is 23.8 Å². The van der Waals surface area contributed by atoms with Gasteiger partial charge in [0.25, 0.3) is 0 Å². The molecule has 0 aliphatic carbocycles. The second-order valence-electron chi connectivity index (χ2n) is 3.79. The Morgan fingerprint density at radius 3 is 2.84 bits per heavy atom. The number of benzene rings is 1. The van der Waals surface area contributed by atoms with Crippen LogP contribution in [0, 0.1) is 0 Å². The third-order valence-corrected chi connectivity index (χ3v) is 2.48. The maximum absolute atomic E-state index is 10.9. The van der Waals surface area contributed by atoms with E-state index >= 15 is 0 Å². The summed E-state index contributed by atoms with van der Waals surface area (Å²) in [5.41, 5.74) is 6.25. The molecule has 6 nitrogen and oxygen atoms in total. The quantitative estimate of drug-likeness (QED) is 0.771. The third-order valence-electron chi connectivity index (χ3n) is 2.48. The van der Waals surface area contributed by atoms with Crippen molar-refractivity contribution in [2.24, 2.45) is 0 Å². The lowest BCUT2D eigenvalue weighted by molar-refractivity contribution is 0.0697. The molecule has 0 unspecified atom stereocenters. The first-order valence-corrected chi connectivity index (χ1v) is 5.47. The fourth-order valence-corrected chi connectivity index (χ4v) is 1.54. The summed E-state index contributed by atoms with van der Waals surface area (Å²) < 4.78 is 5.43. The average molecular weight is 260 g/mol. The molecule has 19 heavy (non-hydrogen) atoms. The summed E-state index contributed by atoms with van der Waals surface area (Å²) in [6, 6.07) is 8.02. The van der Waals surface area contributed by atoms with Crippen molar-refractivity contribution in [3.8, 4) is 11.6 Å². The molecule has 1 aromatic carbocycles. The van der Waals surface area contributed by atoms with Gasteiger partial charge < -0.3 is 20.7 Å². The largest absolute Gasteiger partial charge is 0.478 e. The SMILES string of the molecule is Nc1c(C(=O)O)ccnc1Oc1cccc(CO)c1. The number of carboxylic acid groups (broad SMARTS) is 1. The molecule has 0 radical (unpaired) electrons. The maximum Gasteiger partial charge on any atom is 0.338 e. The molecule has 0 aliphatic rings. The predicted octanol–water partition coefficient (Wildman–Crippen LogP) is 1.65. The summed E-state index contributed by atoms with van der Waals surface area (Å²) in [6.07, 6.45) is 1.31. The van der Waals surface area contributed by atoms with Crippen LogP contribution in [0.1, 0.15) is 15.9 Å². The Balaban J connectivity index is 2.33. The minimum absolute atomic E-state index is 0.0231. The second kappa shape index (κ2) is 5.36. The molecule has 0 aliphatic heterocycles. The maximum atomic E-state index is 10.9. The van der Waals surface area contributed by atoms with Crippen molar-refractivity contribution in [2.45, 2.75) is 6.61 Å². The zero-order valence-corrected chi connectivity index (χ0v) is 9.91. The number of hydrogen-bond donors (Lipinski definition) is 3. The van der Waals surface area contributed by atoms with Gasteiger partial charge in [-0.15, -0.1) is 0 Å². The molecule has 6 heteroatoms. The Hall–Kier alpha value is -2.60. The lowest BCUT2D eigenvalue weighted by atomic mass is 10.2. The van der Waals surface area contributed by atoms with E-state index in [0.29, 0.717) is 11.3 Å². The number of nitrogen functional groups attached to an aromatic ring is 1. The normalized spacial score (nSPS) is 10.2. The van der Waals surface area contributed by atoms with Gasteiger partial charge >= 0.3 is 5.97 Å². The molecule has 4 N–H and O–H groups in total. The van der Waals surface area contributed by atoms with Crippen LogP contribution in [0.3, 0.4) is 0 Å². The zero-order chi connectivity index (χ0) is 13.8. The number of aromatic carboxylic acids is 1. The van der Waals surface area contributed by atoms with E-state index in [-0.39, 0.29) is 23.7 Å². The molecule has 0 saturated heterocycles. The van der Waals surface area contributed by atoms with E-state index in [2.05, 4.69) is 4.98 Å². The number of pyridine rings is 1. The van der Waals surface area contributed by atoms with Gasteiger partial charge in [0, 0.05) is 6.20 Å². The van der Waals surface area contributed by atoms with E-state index in [9.17, 15) is 4.79 Å². The molecule has 98 valence electrons. The van der Waals surface area contributed by atoms with Crippen LogP contribution in [-0.4, -0.2) is 21.2 Å². The predicted molar refractivity (Wildman–Crippen MR) is 68.0 cm³/mol. The number of hydrogen-bond acceptors (Lipinski definition) is 5. The highest BCUT2D eigenvalue weighted by Crippen LogP contribution is 2.28. The van der Waals surface area contributed by atoms with Gasteiger partial charge in [0.15, 0.2) is 0 Å². The molecule has 0 amide bonds. The average Bonchev–Trinajstić information content (AvgIpc) is 2.41. The Morgan fingerprint density at radius 1 is 1.37 bits per heavy atom. The van der Waals surface area contributed by atoms with Crippen LogP contribution >= 0.6 is 0 Å². The van der Waals surface area contributed by atoms with Crippen LogP contribution in [0.15, 0.2) is 36.5 Å². The number of nitrogens with zero attached hydrogens (tertiary/aromatic N) is 1. The van der Waals surface area contributed by atoms with E-state index in [1.807, 2.05) is 0 Å². The molecule has 2 aromatic rings. The number of carboxylic acids is 1. The van der Waals surface area contributed by atoms with Gasteiger partial charge in [0.1, 0.15) is 11.4 Å². The number of rotatable bonds is 4. The van der Waals surface area contributed by atoms with Gasteiger partial charge in [-0.1, -0.05) is 12.1 Å². The lowest BCUT2D eigenvalue weighted by Gasteiger charge is -2.09. The van der Waals surface area contributed by atoms with Crippen LogP contribution in [0.4, 0.5) is 5.69 Å². The van der Waals surface area contributed by atoms with Crippen LogP contribution in [0.2, 0.25) is 0 Å². The Morgan fingerprint density at radius 2 is 2.16 bits per heavy atom. The first-order valence-electron chi connectivity index (χ1n) is 5.47. The number of anilines is 1. The topological polar surface area (TPSA) is 106 Å². The van der Waals surface area contributed by atoms with Crippen molar-refractivity contribution in [1.82, 2.24) is 4.98 Å². The lowest BCUT2D eigenvalue weighted by Crippen LogP contribution is -2.05. The molecule has 0 saturated carbocycles. The minimum Gasteiger partial charge on any atom is -0.478 e. The number of aromatic nitrogens is 1. The zero-order valence-electron chi connectivity index (χ0n) is 9.91. The molecule has 1 aromatic heterocycles. The monoisotopic (exact) mass is 260 g/mol. The van der Waals surface area contributed by atoms with Crippen molar-refractivity contribution in [3.63, 3.8) is 0 Å². The van der Waals surface area contributed by atoms with Crippen LogP contribution in [0.5, 0.6) is 11.6 Å². The number of ether oxygens (including phenoxy) is 1. The summed E-state index contributed by atoms with van der Waals surface area (Å²) >= 11 is 0. The first-order chi connectivity index (χ1) is 9.11. The fourth-order valence-electron chi connectivity index (χ4n) is 1.54. The van der Waals surface area contributed by atoms with Crippen LogP contribution in [0.25, 0.3) is 0 Å². The van der Waals surface area contributed by atoms with Gasteiger partial charge in [-0.25, -0.2) is 9.78 Å². The number of aliphatic hydroxyl groups is 1. The Kier molecular flexibility index (Phi) is 3.63. The van der Waals surface area contributed by atoms with E-state index < -0.39 is 5.97 Å². The summed E-state index contributed by atoms with van der Waals surface area (Å²) in [5, 5.41) is 18.0. The van der Waals surface area contributed by atoms with Crippen molar-refractivity contribution < 1.29 is 19.7 Å². The van der Waals surface area contributed by atoms with Crippen molar-refractivity contribution >= 4 is 11.7 Å². The highest BCUT2D eigenvalue weighted by molar-refractivity contribution is 5.94. The summed E-state index contributed by atoms with van der Waals surface area (Å²) in [4.78, 5) is 14.8. The molecular formula is C13H12N2O4. The Labute approximate surface area is 109 Å². The smallest absolute Gasteiger partial charge is 0.338 e. The van der Waals surface area contributed by atoms with Crippen LogP contribution < -0.4 is 10.5 Å². The summed E-state index contributed by atoms with van der Waals surface area (Å²) in [6.45, 7) is -0.116. The summed E-state index contributed by atoms with van der Waals surface area (Å²) in [5.74, 6) is -0.697. The highest BCUT2D eigenvalue weighted by Gasteiger charge is 2.13. The van der Waals surface area contributed by atoms with Gasteiger partial charge in [0.05, 0.1) is 12.2 Å². The van der Waals surface area contributed by atoms with Crippen molar-refractivity contribution in [1.29, 1.82) is 0 Å². The van der Waals surface area contributed by atoms with Gasteiger partial charge in [-0.2, -0.15) is 0 Å². The molecule has 1 heterocycles. The third kappa shape index (κ3) is 2.80. The Bertz CT molecular complexity index is 613.